The molecule has 2 rings (SSSR count). The van der Waals surface area contributed by atoms with E-state index in [0.717, 1.165) is 52.2 Å². The molecule has 2 unspecified atom stereocenters. The lowest BCUT2D eigenvalue weighted by Gasteiger charge is -2.37. The maximum absolute atomic E-state index is 12.2. The Morgan fingerprint density at radius 1 is 1.27 bits per heavy atom. The Balaban J connectivity index is 0.00000220. The number of carbonyl (C=O) groups excluding carboxylic acids is 1. The Kier molecular flexibility index (Phi) is 11.4. The van der Waals surface area contributed by atoms with Gasteiger partial charge in [0.15, 0.2) is 0 Å². The van der Waals surface area contributed by atoms with Crippen molar-refractivity contribution in [2.24, 2.45) is 5.92 Å². The van der Waals surface area contributed by atoms with Gasteiger partial charge < -0.3 is 15.4 Å². The SMILES string of the molecule is CC(C)C(CNC(=O)C1CCCCN1)N1CCOCC1.Cl.Cl. The van der Waals surface area contributed by atoms with Gasteiger partial charge in [-0.15, -0.1) is 24.8 Å². The third kappa shape index (κ3) is 6.59. The first-order valence-electron chi connectivity index (χ1n) is 8.01. The zero-order chi connectivity index (χ0) is 14.4. The molecule has 132 valence electrons. The molecule has 1 amide bonds. The highest BCUT2D eigenvalue weighted by atomic mass is 35.5. The van der Waals surface area contributed by atoms with E-state index in [1.807, 2.05) is 0 Å². The van der Waals surface area contributed by atoms with Crippen molar-refractivity contribution in [1.82, 2.24) is 15.5 Å². The molecule has 22 heavy (non-hydrogen) atoms. The third-order valence-corrected chi connectivity index (χ3v) is 4.40. The number of amides is 1. The van der Waals surface area contributed by atoms with Gasteiger partial charge in [0.05, 0.1) is 19.3 Å². The van der Waals surface area contributed by atoms with Crippen molar-refractivity contribution >= 4 is 30.7 Å². The fourth-order valence-electron chi connectivity index (χ4n) is 3.10. The number of hydrogen-bond donors (Lipinski definition) is 2. The van der Waals surface area contributed by atoms with Gasteiger partial charge >= 0.3 is 0 Å². The molecule has 2 aliphatic heterocycles. The summed E-state index contributed by atoms with van der Waals surface area (Å²) in [6.45, 7) is 9.73. The Bertz CT molecular complexity index is 307. The summed E-state index contributed by atoms with van der Waals surface area (Å²) >= 11 is 0. The van der Waals surface area contributed by atoms with Crippen LogP contribution >= 0.6 is 24.8 Å². The van der Waals surface area contributed by atoms with Crippen LogP contribution in [0.3, 0.4) is 0 Å². The maximum atomic E-state index is 12.2. The van der Waals surface area contributed by atoms with Crippen LogP contribution in [0.2, 0.25) is 0 Å². The van der Waals surface area contributed by atoms with Crippen molar-refractivity contribution in [3.05, 3.63) is 0 Å². The summed E-state index contributed by atoms with van der Waals surface area (Å²) in [4.78, 5) is 14.6. The number of morpholine rings is 1. The minimum Gasteiger partial charge on any atom is -0.379 e. The van der Waals surface area contributed by atoms with E-state index in [4.69, 9.17) is 4.74 Å². The van der Waals surface area contributed by atoms with Crippen LogP contribution in [0.5, 0.6) is 0 Å². The molecule has 2 atom stereocenters. The Morgan fingerprint density at radius 2 is 1.95 bits per heavy atom. The van der Waals surface area contributed by atoms with Crippen molar-refractivity contribution in [2.45, 2.75) is 45.2 Å². The van der Waals surface area contributed by atoms with Gasteiger partial charge in [0.2, 0.25) is 5.91 Å². The standard InChI is InChI=1S/C15H29N3O2.2ClH/c1-12(2)14(18-7-9-20-10-8-18)11-17-15(19)13-5-3-4-6-16-13;;/h12-14,16H,3-11H2,1-2H3,(H,17,19);2*1H. The molecule has 0 aliphatic carbocycles. The number of hydrogen-bond acceptors (Lipinski definition) is 4. The fraction of sp³-hybridized carbons (Fsp3) is 0.933. The van der Waals surface area contributed by atoms with E-state index in [1.54, 1.807) is 0 Å². The lowest BCUT2D eigenvalue weighted by Crippen LogP contribution is -2.54. The normalized spacial score (nSPS) is 24.0. The summed E-state index contributed by atoms with van der Waals surface area (Å²) in [5, 5.41) is 6.45. The zero-order valence-corrected chi connectivity index (χ0v) is 15.3. The van der Waals surface area contributed by atoms with Crippen LogP contribution in [-0.4, -0.2) is 62.3 Å². The molecule has 0 bridgehead atoms. The average molecular weight is 356 g/mol. The van der Waals surface area contributed by atoms with Crippen LogP contribution in [0.1, 0.15) is 33.1 Å². The van der Waals surface area contributed by atoms with Crippen LogP contribution in [0.4, 0.5) is 0 Å². The van der Waals surface area contributed by atoms with Gasteiger partial charge in [-0.2, -0.15) is 0 Å². The molecule has 7 heteroatoms. The van der Waals surface area contributed by atoms with Crippen molar-refractivity contribution in [1.29, 1.82) is 0 Å². The first kappa shape index (κ1) is 21.9. The zero-order valence-electron chi connectivity index (χ0n) is 13.7. The smallest absolute Gasteiger partial charge is 0.237 e. The lowest BCUT2D eigenvalue weighted by molar-refractivity contribution is -0.124. The second-order valence-corrected chi connectivity index (χ2v) is 6.21. The molecule has 5 nitrogen and oxygen atoms in total. The van der Waals surface area contributed by atoms with Gasteiger partial charge in [0, 0.05) is 25.7 Å². The van der Waals surface area contributed by atoms with Crippen molar-refractivity contribution < 1.29 is 9.53 Å². The summed E-state index contributed by atoms with van der Waals surface area (Å²) < 4.78 is 5.41. The number of nitrogens with one attached hydrogen (secondary N) is 2. The van der Waals surface area contributed by atoms with Gasteiger partial charge in [-0.3, -0.25) is 9.69 Å². The highest BCUT2D eigenvalue weighted by Crippen LogP contribution is 2.13. The molecule has 0 aromatic heterocycles. The molecule has 0 saturated carbocycles. The largest absolute Gasteiger partial charge is 0.379 e. The van der Waals surface area contributed by atoms with Crippen molar-refractivity contribution in [2.75, 3.05) is 39.4 Å². The van der Waals surface area contributed by atoms with Gasteiger partial charge in [-0.1, -0.05) is 20.3 Å². The molecule has 2 saturated heterocycles. The lowest BCUT2D eigenvalue weighted by atomic mass is 10.0. The van der Waals surface area contributed by atoms with E-state index in [2.05, 4.69) is 29.4 Å². The number of rotatable bonds is 5. The Morgan fingerprint density at radius 3 is 2.50 bits per heavy atom. The highest BCUT2D eigenvalue weighted by Gasteiger charge is 2.26. The van der Waals surface area contributed by atoms with Gasteiger partial charge in [-0.05, 0) is 25.3 Å². The summed E-state index contributed by atoms with van der Waals surface area (Å²) in [5.41, 5.74) is 0. The molecule has 0 radical (unpaired) electrons. The van der Waals surface area contributed by atoms with E-state index in [0.29, 0.717) is 12.0 Å². The van der Waals surface area contributed by atoms with Gasteiger partial charge in [0.25, 0.3) is 0 Å². The first-order chi connectivity index (χ1) is 9.68. The minimum absolute atomic E-state index is 0. The summed E-state index contributed by atoms with van der Waals surface area (Å²) in [5.74, 6) is 0.705. The Labute approximate surface area is 146 Å². The molecule has 2 heterocycles. The van der Waals surface area contributed by atoms with Gasteiger partial charge in [-0.25, -0.2) is 0 Å². The molecule has 2 N–H and O–H groups in total. The second kappa shape index (κ2) is 11.5. The molecule has 0 spiro atoms. The first-order valence-corrected chi connectivity index (χ1v) is 8.01. The monoisotopic (exact) mass is 355 g/mol. The number of carbonyl (C=O) groups is 1. The minimum atomic E-state index is 0. The van der Waals surface area contributed by atoms with Crippen LogP contribution in [-0.2, 0) is 9.53 Å². The van der Waals surface area contributed by atoms with Crippen LogP contribution in [0.15, 0.2) is 0 Å². The second-order valence-electron chi connectivity index (χ2n) is 6.21. The molecule has 2 aliphatic rings. The molecular formula is C15H31Cl2N3O2. The molecule has 2 fully saturated rings. The summed E-state index contributed by atoms with van der Waals surface area (Å²) in [6, 6.07) is 0.424. The quantitative estimate of drug-likeness (QED) is 0.783. The Hall–Kier alpha value is -0.0700. The van der Waals surface area contributed by atoms with Crippen molar-refractivity contribution in [3.8, 4) is 0 Å². The van der Waals surface area contributed by atoms with E-state index in [1.165, 1.54) is 6.42 Å². The molecule has 0 aromatic rings. The summed E-state index contributed by atoms with van der Waals surface area (Å²) in [7, 11) is 0. The van der Waals surface area contributed by atoms with Crippen LogP contribution in [0.25, 0.3) is 0 Å². The van der Waals surface area contributed by atoms with E-state index in [9.17, 15) is 4.79 Å². The summed E-state index contributed by atoms with van der Waals surface area (Å²) in [6.07, 6.45) is 3.31. The molecular weight excluding hydrogens is 325 g/mol. The number of piperidine rings is 1. The predicted molar refractivity (Wildman–Crippen MR) is 94.2 cm³/mol. The number of nitrogens with zero attached hydrogens (tertiary/aromatic N) is 1. The average Bonchev–Trinajstić information content (AvgIpc) is 2.49. The van der Waals surface area contributed by atoms with Crippen molar-refractivity contribution in [3.63, 3.8) is 0 Å². The van der Waals surface area contributed by atoms with Gasteiger partial charge in [0.1, 0.15) is 0 Å². The molecule has 0 aromatic carbocycles. The number of ether oxygens (including phenoxy) is 1. The fourth-order valence-corrected chi connectivity index (χ4v) is 3.10. The topological polar surface area (TPSA) is 53.6 Å². The maximum Gasteiger partial charge on any atom is 0.237 e. The van der Waals surface area contributed by atoms with Crippen LogP contribution < -0.4 is 10.6 Å². The number of halogens is 2. The predicted octanol–water partition coefficient (Wildman–Crippen LogP) is 1.45. The third-order valence-electron chi connectivity index (χ3n) is 4.40. The van der Waals surface area contributed by atoms with E-state index < -0.39 is 0 Å². The van der Waals surface area contributed by atoms with E-state index in [-0.39, 0.29) is 36.8 Å². The highest BCUT2D eigenvalue weighted by molar-refractivity contribution is 5.85. The van der Waals surface area contributed by atoms with Crippen LogP contribution in [0, 0.1) is 5.92 Å². The van der Waals surface area contributed by atoms with E-state index >= 15 is 0 Å².